The quantitative estimate of drug-likeness (QED) is 0.853. The number of nitrogens with zero attached hydrogens (tertiary/aromatic N) is 1. The van der Waals surface area contributed by atoms with Crippen LogP contribution < -0.4 is 4.74 Å². The molecule has 0 saturated carbocycles. The van der Waals surface area contributed by atoms with E-state index in [0.29, 0.717) is 0 Å². The smallest absolute Gasteiger partial charge is 0.506 e. The van der Waals surface area contributed by atoms with Gasteiger partial charge in [0.25, 0.3) is 0 Å². The summed E-state index contributed by atoms with van der Waals surface area (Å²) in [6.07, 6.45) is -4.93. The fraction of sp³-hybridized carbons (Fsp3) is 0.333. The zero-order valence-corrected chi connectivity index (χ0v) is 8.58. The molecule has 94 valence electrons. The Morgan fingerprint density at radius 2 is 2.12 bits per heavy atom. The summed E-state index contributed by atoms with van der Waals surface area (Å²) in [7, 11) is 0. The Bertz CT molecular complexity index is 445. The van der Waals surface area contributed by atoms with Crippen molar-refractivity contribution >= 4 is 5.97 Å². The maximum atomic E-state index is 12.0. The molecule has 1 heterocycles. The second-order valence-electron chi connectivity index (χ2n) is 3.17. The van der Waals surface area contributed by atoms with Crippen molar-refractivity contribution < 1.29 is 32.9 Å². The molecule has 0 amide bonds. The molecular formula is C9H8F3NO4. The minimum Gasteiger partial charge on any atom is -0.506 e. The van der Waals surface area contributed by atoms with Gasteiger partial charge in [-0.1, -0.05) is 0 Å². The lowest BCUT2D eigenvalue weighted by Gasteiger charge is -2.13. The van der Waals surface area contributed by atoms with Gasteiger partial charge in [-0.25, -0.2) is 4.98 Å². The Hall–Kier alpha value is -1.99. The van der Waals surface area contributed by atoms with E-state index in [1.54, 1.807) is 0 Å². The highest BCUT2D eigenvalue weighted by Crippen LogP contribution is 2.30. The van der Waals surface area contributed by atoms with Crippen LogP contribution in [0.4, 0.5) is 13.2 Å². The first-order valence-electron chi connectivity index (χ1n) is 4.35. The van der Waals surface area contributed by atoms with E-state index in [-0.39, 0.29) is 11.1 Å². The van der Waals surface area contributed by atoms with Gasteiger partial charge in [0.1, 0.15) is 5.75 Å². The van der Waals surface area contributed by atoms with E-state index in [9.17, 15) is 23.1 Å². The van der Waals surface area contributed by atoms with Gasteiger partial charge < -0.3 is 14.9 Å². The average molecular weight is 251 g/mol. The Labute approximate surface area is 93.5 Å². The number of pyridine rings is 1. The van der Waals surface area contributed by atoms with Crippen molar-refractivity contribution in [2.24, 2.45) is 0 Å². The van der Waals surface area contributed by atoms with Crippen LogP contribution in [-0.4, -0.2) is 27.5 Å². The molecule has 1 aromatic heterocycles. The van der Waals surface area contributed by atoms with Gasteiger partial charge in [0.2, 0.25) is 5.88 Å². The highest BCUT2D eigenvalue weighted by Gasteiger charge is 2.33. The molecule has 5 nitrogen and oxygen atoms in total. The van der Waals surface area contributed by atoms with Gasteiger partial charge in [-0.15, -0.1) is 13.2 Å². The van der Waals surface area contributed by atoms with Crippen molar-refractivity contribution in [3.8, 4) is 11.6 Å². The summed E-state index contributed by atoms with van der Waals surface area (Å²) in [5.74, 6) is -2.61. The fourth-order valence-electron chi connectivity index (χ4n) is 1.17. The summed E-state index contributed by atoms with van der Waals surface area (Å²) in [5, 5.41) is 17.8. The standard InChI is InChI=1S/C9H8F3NO4/c1-4-5(2-7(15)16)8(13-3-6(4)14)17-9(10,11)12/h3,14H,2H2,1H3,(H,15,16). The molecule has 0 bridgehead atoms. The highest BCUT2D eigenvalue weighted by atomic mass is 19.4. The van der Waals surface area contributed by atoms with Gasteiger partial charge in [0.15, 0.2) is 0 Å². The van der Waals surface area contributed by atoms with E-state index in [1.165, 1.54) is 6.92 Å². The predicted molar refractivity (Wildman–Crippen MR) is 48.7 cm³/mol. The maximum absolute atomic E-state index is 12.0. The summed E-state index contributed by atoms with van der Waals surface area (Å²) >= 11 is 0. The van der Waals surface area contributed by atoms with E-state index in [2.05, 4.69) is 9.72 Å². The van der Waals surface area contributed by atoms with Crippen molar-refractivity contribution in [3.63, 3.8) is 0 Å². The molecular weight excluding hydrogens is 243 g/mol. The molecule has 1 aromatic rings. The van der Waals surface area contributed by atoms with E-state index in [1.807, 2.05) is 0 Å². The van der Waals surface area contributed by atoms with Crippen molar-refractivity contribution in [1.29, 1.82) is 0 Å². The van der Waals surface area contributed by atoms with E-state index < -0.39 is 30.4 Å². The van der Waals surface area contributed by atoms with Gasteiger partial charge in [-0.05, 0) is 6.92 Å². The van der Waals surface area contributed by atoms with Crippen LogP contribution in [0.5, 0.6) is 11.6 Å². The number of aromatic hydroxyl groups is 1. The zero-order chi connectivity index (χ0) is 13.2. The van der Waals surface area contributed by atoms with Gasteiger partial charge in [-0.2, -0.15) is 0 Å². The number of carboxylic acids is 1. The number of aromatic nitrogens is 1. The molecule has 17 heavy (non-hydrogen) atoms. The number of carboxylic acid groups (broad SMARTS) is 1. The Morgan fingerprint density at radius 1 is 1.53 bits per heavy atom. The molecule has 8 heteroatoms. The van der Waals surface area contributed by atoms with E-state index in [0.717, 1.165) is 6.20 Å². The Morgan fingerprint density at radius 3 is 2.59 bits per heavy atom. The monoisotopic (exact) mass is 251 g/mol. The van der Waals surface area contributed by atoms with Gasteiger partial charge in [0.05, 0.1) is 12.6 Å². The molecule has 0 unspecified atom stereocenters. The lowest BCUT2D eigenvalue weighted by Crippen LogP contribution is -2.20. The number of ether oxygens (including phenoxy) is 1. The second kappa shape index (κ2) is 4.48. The van der Waals surface area contributed by atoms with Crippen LogP contribution in [0.2, 0.25) is 0 Å². The second-order valence-corrected chi connectivity index (χ2v) is 3.17. The minimum atomic E-state index is -4.97. The first-order valence-corrected chi connectivity index (χ1v) is 4.35. The molecule has 0 aromatic carbocycles. The van der Waals surface area contributed by atoms with Crippen LogP contribution in [0.15, 0.2) is 6.20 Å². The minimum absolute atomic E-state index is 0.0124. The molecule has 0 radical (unpaired) electrons. The van der Waals surface area contributed by atoms with Crippen molar-refractivity contribution in [2.45, 2.75) is 19.7 Å². The summed E-state index contributed by atoms with van der Waals surface area (Å²) in [6, 6.07) is 0. The highest BCUT2D eigenvalue weighted by molar-refractivity contribution is 5.72. The third-order valence-electron chi connectivity index (χ3n) is 1.94. The normalized spacial score (nSPS) is 11.3. The van der Waals surface area contributed by atoms with E-state index >= 15 is 0 Å². The molecule has 0 fully saturated rings. The number of alkyl halides is 3. The number of carbonyl (C=O) groups is 1. The number of hydrogen-bond acceptors (Lipinski definition) is 4. The number of halogens is 3. The lowest BCUT2D eigenvalue weighted by atomic mass is 10.1. The molecule has 0 aliphatic rings. The first-order chi connectivity index (χ1) is 7.70. The molecule has 0 spiro atoms. The average Bonchev–Trinajstić information content (AvgIpc) is 2.15. The van der Waals surface area contributed by atoms with Gasteiger partial charge >= 0.3 is 12.3 Å². The third kappa shape index (κ3) is 3.51. The van der Waals surface area contributed by atoms with Gasteiger partial charge in [0, 0.05) is 11.1 Å². The summed E-state index contributed by atoms with van der Waals surface area (Å²) in [5.41, 5.74) is -0.323. The summed E-state index contributed by atoms with van der Waals surface area (Å²) in [4.78, 5) is 13.7. The summed E-state index contributed by atoms with van der Waals surface area (Å²) < 4.78 is 39.6. The van der Waals surface area contributed by atoms with E-state index in [4.69, 9.17) is 5.11 Å². The molecule has 1 rings (SSSR count). The molecule has 0 saturated heterocycles. The molecule has 0 aliphatic carbocycles. The number of aliphatic carboxylic acids is 1. The zero-order valence-electron chi connectivity index (χ0n) is 8.58. The summed E-state index contributed by atoms with van der Waals surface area (Å²) in [6.45, 7) is 1.28. The van der Waals surface area contributed by atoms with Crippen molar-refractivity contribution in [3.05, 3.63) is 17.3 Å². The molecule has 2 N–H and O–H groups in total. The van der Waals surface area contributed by atoms with Crippen LogP contribution in [0.1, 0.15) is 11.1 Å². The van der Waals surface area contributed by atoms with Crippen LogP contribution >= 0.6 is 0 Å². The van der Waals surface area contributed by atoms with Crippen LogP contribution in [0.25, 0.3) is 0 Å². The van der Waals surface area contributed by atoms with Crippen LogP contribution in [0.3, 0.4) is 0 Å². The van der Waals surface area contributed by atoms with Crippen molar-refractivity contribution in [2.75, 3.05) is 0 Å². The van der Waals surface area contributed by atoms with Crippen molar-refractivity contribution in [1.82, 2.24) is 4.98 Å². The first kappa shape index (κ1) is 13.1. The Balaban J connectivity index is 3.20. The lowest BCUT2D eigenvalue weighted by molar-refractivity contribution is -0.276. The SMILES string of the molecule is Cc1c(O)cnc(OC(F)(F)F)c1CC(=O)O. The largest absolute Gasteiger partial charge is 0.574 e. The van der Waals surface area contributed by atoms with Crippen LogP contribution in [0, 0.1) is 6.92 Å². The topological polar surface area (TPSA) is 79.7 Å². The van der Waals surface area contributed by atoms with Gasteiger partial charge in [-0.3, -0.25) is 4.79 Å². The number of rotatable bonds is 3. The number of hydrogen-bond donors (Lipinski definition) is 2. The van der Waals surface area contributed by atoms with Crippen LogP contribution in [-0.2, 0) is 11.2 Å². The Kier molecular flexibility index (Phi) is 3.45. The predicted octanol–water partition coefficient (Wildman–Crippen LogP) is 1.62. The molecule has 0 aliphatic heterocycles. The fourth-order valence-corrected chi connectivity index (χ4v) is 1.17. The molecule has 0 atom stereocenters. The third-order valence-corrected chi connectivity index (χ3v) is 1.94. The maximum Gasteiger partial charge on any atom is 0.574 e.